The predicted octanol–water partition coefficient (Wildman–Crippen LogP) is 2.80. The number of benzene rings is 2. The molecule has 0 spiro atoms. The molecule has 2 aromatic rings. The molecule has 3 rings (SSSR count). The molecule has 0 saturated carbocycles. The number of aryl methyl sites for hydroxylation is 1. The number of ether oxygens (including phenoxy) is 1. The lowest BCUT2D eigenvalue weighted by Gasteiger charge is -2.15. The maximum atomic E-state index is 12.5. The number of carbonyl (C=O) groups is 1. The molecule has 26 heavy (non-hydrogen) atoms. The van der Waals surface area contributed by atoms with E-state index in [1.165, 1.54) is 16.4 Å². The second-order valence-corrected chi connectivity index (χ2v) is 8.17. The fraction of sp³-hybridized carbons (Fsp3) is 0.316. The quantitative estimate of drug-likeness (QED) is 0.844. The van der Waals surface area contributed by atoms with Gasteiger partial charge in [0.05, 0.1) is 4.90 Å². The van der Waals surface area contributed by atoms with E-state index < -0.39 is 10.0 Å². The number of nitrogens with one attached hydrogen (secondary N) is 1. The zero-order chi connectivity index (χ0) is 18.6. The molecule has 0 aromatic heterocycles. The van der Waals surface area contributed by atoms with E-state index in [2.05, 4.69) is 5.32 Å². The lowest BCUT2D eigenvalue weighted by molar-refractivity contribution is -0.118. The van der Waals surface area contributed by atoms with E-state index in [1.54, 1.807) is 12.1 Å². The van der Waals surface area contributed by atoms with Crippen LogP contribution in [0.3, 0.4) is 0 Å². The third-order valence-electron chi connectivity index (χ3n) is 4.32. The van der Waals surface area contributed by atoms with Gasteiger partial charge in [-0.25, -0.2) is 8.42 Å². The predicted molar refractivity (Wildman–Crippen MR) is 99.7 cm³/mol. The van der Waals surface area contributed by atoms with Gasteiger partial charge in [0.2, 0.25) is 10.0 Å². The molecule has 7 heteroatoms. The van der Waals surface area contributed by atoms with E-state index in [0.717, 1.165) is 24.1 Å². The highest BCUT2D eigenvalue weighted by atomic mass is 32.2. The Kier molecular flexibility index (Phi) is 5.58. The minimum absolute atomic E-state index is 0.146. The van der Waals surface area contributed by atoms with Crippen LogP contribution in [0.2, 0.25) is 0 Å². The third kappa shape index (κ3) is 4.23. The van der Waals surface area contributed by atoms with E-state index in [1.807, 2.05) is 31.2 Å². The zero-order valence-electron chi connectivity index (χ0n) is 14.6. The van der Waals surface area contributed by atoms with Gasteiger partial charge in [-0.1, -0.05) is 18.2 Å². The molecular formula is C19H22N2O4S. The molecule has 1 saturated heterocycles. The van der Waals surface area contributed by atoms with E-state index in [9.17, 15) is 13.2 Å². The molecule has 0 atom stereocenters. The second kappa shape index (κ2) is 7.88. The van der Waals surface area contributed by atoms with Crippen molar-refractivity contribution in [2.24, 2.45) is 0 Å². The summed E-state index contributed by atoms with van der Waals surface area (Å²) in [5.41, 5.74) is 1.71. The molecule has 138 valence electrons. The van der Waals surface area contributed by atoms with Gasteiger partial charge in [-0.05, 0) is 55.7 Å². The molecule has 1 amide bonds. The van der Waals surface area contributed by atoms with Crippen LogP contribution in [0.15, 0.2) is 53.4 Å². The van der Waals surface area contributed by atoms with E-state index in [0.29, 0.717) is 18.8 Å². The fourth-order valence-electron chi connectivity index (χ4n) is 2.83. The molecule has 1 fully saturated rings. The maximum Gasteiger partial charge on any atom is 0.262 e. The number of nitrogens with zero attached hydrogens (tertiary/aromatic N) is 1. The van der Waals surface area contributed by atoms with Crippen LogP contribution < -0.4 is 10.1 Å². The van der Waals surface area contributed by atoms with Gasteiger partial charge < -0.3 is 10.1 Å². The Morgan fingerprint density at radius 1 is 1.08 bits per heavy atom. The Labute approximate surface area is 153 Å². The second-order valence-electron chi connectivity index (χ2n) is 6.23. The summed E-state index contributed by atoms with van der Waals surface area (Å²) in [6.07, 6.45) is 1.80. The minimum atomic E-state index is -3.43. The summed E-state index contributed by atoms with van der Waals surface area (Å²) in [5, 5.41) is 2.79. The van der Waals surface area contributed by atoms with Crippen LogP contribution in [0.25, 0.3) is 0 Å². The summed E-state index contributed by atoms with van der Waals surface area (Å²) in [4.78, 5) is 12.2. The van der Waals surface area contributed by atoms with Crippen molar-refractivity contribution >= 4 is 21.6 Å². The average Bonchev–Trinajstić information content (AvgIpc) is 3.18. The highest BCUT2D eigenvalue weighted by Gasteiger charge is 2.26. The lowest BCUT2D eigenvalue weighted by atomic mass is 10.2. The molecule has 1 N–H and O–H groups in total. The van der Waals surface area contributed by atoms with Gasteiger partial charge in [-0.3, -0.25) is 4.79 Å². The molecule has 0 bridgehead atoms. The zero-order valence-corrected chi connectivity index (χ0v) is 15.5. The molecule has 1 aliphatic rings. The minimum Gasteiger partial charge on any atom is -0.484 e. The van der Waals surface area contributed by atoms with Crippen molar-refractivity contribution in [2.45, 2.75) is 24.7 Å². The number of carbonyl (C=O) groups excluding carboxylic acids is 1. The average molecular weight is 374 g/mol. The first kappa shape index (κ1) is 18.4. The largest absolute Gasteiger partial charge is 0.484 e. The van der Waals surface area contributed by atoms with E-state index in [-0.39, 0.29) is 17.4 Å². The van der Waals surface area contributed by atoms with Crippen LogP contribution in [0.5, 0.6) is 5.75 Å². The van der Waals surface area contributed by atoms with Gasteiger partial charge in [0.1, 0.15) is 5.75 Å². The van der Waals surface area contributed by atoms with E-state index >= 15 is 0 Å². The normalized spacial score (nSPS) is 15.0. The summed E-state index contributed by atoms with van der Waals surface area (Å²) >= 11 is 0. The smallest absolute Gasteiger partial charge is 0.262 e. The van der Waals surface area contributed by atoms with E-state index in [4.69, 9.17) is 4.74 Å². The Morgan fingerprint density at radius 3 is 2.38 bits per heavy atom. The lowest BCUT2D eigenvalue weighted by Crippen LogP contribution is -2.27. The molecule has 0 radical (unpaired) electrons. The van der Waals surface area contributed by atoms with Gasteiger partial charge in [-0.2, -0.15) is 4.31 Å². The van der Waals surface area contributed by atoms with Crippen molar-refractivity contribution in [3.8, 4) is 5.75 Å². The molecule has 2 aromatic carbocycles. The highest BCUT2D eigenvalue weighted by Crippen LogP contribution is 2.23. The molecular weight excluding hydrogens is 352 g/mol. The number of hydrogen-bond acceptors (Lipinski definition) is 4. The molecule has 0 aliphatic carbocycles. The molecule has 6 nitrogen and oxygen atoms in total. The molecule has 0 unspecified atom stereocenters. The number of rotatable bonds is 6. The number of hydrogen-bond donors (Lipinski definition) is 1. The summed E-state index contributed by atoms with van der Waals surface area (Å²) in [6.45, 7) is 2.90. The first-order valence-corrected chi connectivity index (χ1v) is 9.99. The number of sulfonamides is 1. The number of para-hydroxylation sites is 1. The van der Waals surface area contributed by atoms with Crippen LogP contribution in [0, 0.1) is 6.92 Å². The first-order chi connectivity index (χ1) is 12.5. The van der Waals surface area contributed by atoms with Crippen LogP contribution in [0.4, 0.5) is 5.69 Å². The van der Waals surface area contributed by atoms with Crippen LogP contribution in [-0.4, -0.2) is 38.3 Å². The van der Waals surface area contributed by atoms with Crippen LogP contribution in [-0.2, 0) is 14.8 Å². The molecule has 1 aliphatic heterocycles. The summed E-state index contributed by atoms with van der Waals surface area (Å²) in [7, 11) is -3.43. The third-order valence-corrected chi connectivity index (χ3v) is 6.23. The molecule has 1 heterocycles. The first-order valence-electron chi connectivity index (χ1n) is 8.55. The van der Waals surface area contributed by atoms with Gasteiger partial charge in [0.15, 0.2) is 6.61 Å². The standard InChI is InChI=1S/C19H22N2O4S/c1-15-6-2-3-7-18(15)20-19(22)14-25-16-8-10-17(11-9-16)26(23,24)21-12-4-5-13-21/h2-3,6-11H,4-5,12-14H2,1H3,(H,20,22). The SMILES string of the molecule is Cc1ccccc1NC(=O)COc1ccc(S(=O)(=O)N2CCCC2)cc1. The Balaban J connectivity index is 1.57. The van der Waals surface area contributed by atoms with Crippen molar-refractivity contribution < 1.29 is 17.9 Å². The van der Waals surface area contributed by atoms with Gasteiger partial charge in [0.25, 0.3) is 5.91 Å². The maximum absolute atomic E-state index is 12.5. The van der Waals surface area contributed by atoms with Gasteiger partial charge >= 0.3 is 0 Å². The van der Waals surface area contributed by atoms with Crippen molar-refractivity contribution in [3.05, 3.63) is 54.1 Å². The summed E-state index contributed by atoms with van der Waals surface area (Å²) in [5.74, 6) is 0.179. The van der Waals surface area contributed by atoms with Crippen LogP contribution in [0.1, 0.15) is 18.4 Å². The highest BCUT2D eigenvalue weighted by molar-refractivity contribution is 7.89. The number of amides is 1. The van der Waals surface area contributed by atoms with Crippen molar-refractivity contribution in [1.29, 1.82) is 0 Å². The Hall–Kier alpha value is -2.38. The van der Waals surface area contributed by atoms with Crippen LogP contribution >= 0.6 is 0 Å². The monoisotopic (exact) mass is 374 g/mol. The summed E-state index contributed by atoms with van der Waals surface area (Å²) in [6, 6.07) is 13.7. The van der Waals surface area contributed by atoms with Crippen molar-refractivity contribution in [1.82, 2.24) is 4.31 Å². The number of anilines is 1. The Morgan fingerprint density at radius 2 is 1.73 bits per heavy atom. The van der Waals surface area contributed by atoms with Gasteiger partial charge in [0, 0.05) is 18.8 Å². The fourth-order valence-corrected chi connectivity index (χ4v) is 4.35. The van der Waals surface area contributed by atoms with Crippen molar-refractivity contribution in [2.75, 3.05) is 25.0 Å². The topological polar surface area (TPSA) is 75.7 Å². The van der Waals surface area contributed by atoms with Gasteiger partial charge in [-0.15, -0.1) is 0 Å². The summed E-state index contributed by atoms with van der Waals surface area (Å²) < 4.78 is 31.9. The Bertz CT molecular complexity index is 873. The van der Waals surface area contributed by atoms with Crippen molar-refractivity contribution in [3.63, 3.8) is 0 Å².